The Morgan fingerprint density at radius 1 is 1.36 bits per heavy atom. The van der Waals surface area contributed by atoms with Crippen molar-refractivity contribution in [1.29, 1.82) is 0 Å². The van der Waals surface area contributed by atoms with Gasteiger partial charge in [0.05, 0.1) is 11.5 Å². The molecule has 82 valence electrons. The van der Waals surface area contributed by atoms with Crippen molar-refractivity contribution in [1.82, 2.24) is 0 Å². The van der Waals surface area contributed by atoms with Crippen LogP contribution in [0.25, 0.3) is 0 Å². The maximum absolute atomic E-state index is 11.3. The first kappa shape index (κ1) is 10.4. The SMILES string of the molecule is CCC1CC1(N)C1CCS(=O)(=O)CC1. The first-order chi connectivity index (χ1) is 6.48. The maximum Gasteiger partial charge on any atom is 0.150 e. The second kappa shape index (κ2) is 3.20. The van der Waals surface area contributed by atoms with Gasteiger partial charge >= 0.3 is 0 Å². The van der Waals surface area contributed by atoms with E-state index in [1.54, 1.807) is 0 Å². The van der Waals surface area contributed by atoms with Crippen molar-refractivity contribution in [2.24, 2.45) is 17.6 Å². The van der Waals surface area contributed by atoms with E-state index in [-0.39, 0.29) is 5.54 Å². The zero-order chi connectivity index (χ0) is 10.4. The van der Waals surface area contributed by atoms with Crippen molar-refractivity contribution in [2.75, 3.05) is 11.5 Å². The molecule has 2 unspecified atom stereocenters. The van der Waals surface area contributed by atoms with Gasteiger partial charge in [0.2, 0.25) is 0 Å². The summed E-state index contributed by atoms with van der Waals surface area (Å²) in [7, 11) is -2.73. The second-order valence-electron chi connectivity index (χ2n) is 4.85. The van der Waals surface area contributed by atoms with Gasteiger partial charge in [-0.2, -0.15) is 0 Å². The molecule has 2 fully saturated rings. The minimum Gasteiger partial charge on any atom is -0.325 e. The summed E-state index contributed by atoms with van der Waals surface area (Å²) in [6, 6.07) is 0. The zero-order valence-electron chi connectivity index (χ0n) is 8.70. The smallest absolute Gasteiger partial charge is 0.150 e. The summed E-state index contributed by atoms with van der Waals surface area (Å²) in [5.74, 6) is 1.81. The van der Waals surface area contributed by atoms with Crippen molar-refractivity contribution in [3.05, 3.63) is 0 Å². The average Bonchev–Trinajstić information content (AvgIpc) is 2.78. The molecule has 0 aromatic rings. The number of sulfone groups is 1. The van der Waals surface area contributed by atoms with E-state index in [9.17, 15) is 8.42 Å². The molecular formula is C10H19NO2S. The van der Waals surface area contributed by atoms with Gasteiger partial charge in [-0.15, -0.1) is 0 Å². The van der Waals surface area contributed by atoms with E-state index < -0.39 is 9.84 Å². The van der Waals surface area contributed by atoms with Crippen LogP contribution < -0.4 is 5.73 Å². The Morgan fingerprint density at radius 2 is 1.93 bits per heavy atom. The van der Waals surface area contributed by atoms with E-state index in [4.69, 9.17) is 5.73 Å². The Balaban J connectivity index is 1.97. The Kier molecular flexibility index (Phi) is 2.39. The third-order valence-corrected chi connectivity index (χ3v) is 5.72. The molecule has 1 heterocycles. The van der Waals surface area contributed by atoms with Crippen LogP contribution in [0, 0.1) is 11.8 Å². The van der Waals surface area contributed by atoms with Crippen LogP contribution in [-0.4, -0.2) is 25.5 Å². The van der Waals surface area contributed by atoms with Crippen molar-refractivity contribution < 1.29 is 8.42 Å². The van der Waals surface area contributed by atoms with E-state index in [1.165, 1.54) is 0 Å². The summed E-state index contributed by atoms with van der Waals surface area (Å²) in [5.41, 5.74) is 6.26. The lowest BCUT2D eigenvalue weighted by Gasteiger charge is -2.28. The fraction of sp³-hybridized carbons (Fsp3) is 1.00. The summed E-state index contributed by atoms with van der Waals surface area (Å²) < 4.78 is 22.5. The van der Waals surface area contributed by atoms with Gasteiger partial charge in [-0.1, -0.05) is 13.3 Å². The fourth-order valence-electron chi connectivity index (χ4n) is 2.82. The quantitative estimate of drug-likeness (QED) is 0.749. The molecule has 3 nitrogen and oxygen atoms in total. The van der Waals surface area contributed by atoms with Gasteiger partial charge in [0.1, 0.15) is 9.84 Å². The van der Waals surface area contributed by atoms with Crippen molar-refractivity contribution in [3.63, 3.8) is 0 Å². The Hall–Kier alpha value is -0.0900. The van der Waals surface area contributed by atoms with Crippen molar-refractivity contribution in [2.45, 2.75) is 38.1 Å². The largest absolute Gasteiger partial charge is 0.325 e. The van der Waals surface area contributed by atoms with Crippen LogP contribution >= 0.6 is 0 Å². The molecular weight excluding hydrogens is 198 g/mol. The molecule has 0 amide bonds. The van der Waals surface area contributed by atoms with E-state index in [2.05, 4.69) is 6.92 Å². The highest BCUT2D eigenvalue weighted by atomic mass is 32.2. The van der Waals surface area contributed by atoms with Crippen LogP contribution in [0.4, 0.5) is 0 Å². The highest BCUT2D eigenvalue weighted by molar-refractivity contribution is 7.91. The summed E-state index contributed by atoms with van der Waals surface area (Å²) in [6.45, 7) is 2.17. The van der Waals surface area contributed by atoms with Crippen LogP contribution in [-0.2, 0) is 9.84 Å². The summed E-state index contributed by atoms with van der Waals surface area (Å²) in [5, 5.41) is 0. The highest BCUT2D eigenvalue weighted by Gasteiger charge is 2.55. The minimum atomic E-state index is -2.73. The summed E-state index contributed by atoms with van der Waals surface area (Å²) in [4.78, 5) is 0. The van der Waals surface area contributed by atoms with Crippen LogP contribution in [0.5, 0.6) is 0 Å². The molecule has 0 aromatic carbocycles. The third-order valence-electron chi connectivity index (χ3n) is 4.01. The van der Waals surface area contributed by atoms with Gasteiger partial charge in [-0.25, -0.2) is 8.42 Å². The summed E-state index contributed by atoms with van der Waals surface area (Å²) in [6.07, 6.45) is 3.82. The molecule has 0 spiro atoms. The molecule has 0 aromatic heterocycles. The molecule has 1 aliphatic carbocycles. The topological polar surface area (TPSA) is 60.2 Å². The molecule has 1 saturated heterocycles. The van der Waals surface area contributed by atoms with Crippen LogP contribution in [0.1, 0.15) is 32.6 Å². The maximum atomic E-state index is 11.3. The Bertz CT molecular complexity index is 311. The number of hydrogen-bond acceptors (Lipinski definition) is 3. The lowest BCUT2D eigenvalue weighted by atomic mass is 9.90. The molecule has 1 aliphatic heterocycles. The first-order valence-corrected chi connectivity index (χ1v) is 7.29. The molecule has 2 rings (SSSR count). The van der Waals surface area contributed by atoms with Gasteiger partial charge < -0.3 is 5.73 Å². The summed E-state index contributed by atoms with van der Waals surface area (Å²) >= 11 is 0. The number of hydrogen-bond donors (Lipinski definition) is 1. The molecule has 2 atom stereocenters. The zero-order valence-corrected chi connectivity index (χ0v) is 9.52. The Morgan fingerprint density at radius 3 is 2.36 bits per heavy atom. The Labute approximate surface area is 86.0 Å². The molecule has 14 heavy (non-hydrogen) atoms. The highest BCUT2D eigenvalue weighted by Crippen LogP contribution is 2.51. The van der Waals surface area contributed by atoms with E-state index in [0.717, 1.165) is 25.7 Å². The van der Waals surface area contributed by atoms with Gasteiger partial charge in [-0.05, 0) is 31.1 Å². The molecule has 1 saturated carbocycles. The molecule has 0 bridgehead atoms. The third kappa shape index (κ3) is 1.70. The van der Waals surface area contributed by atoms with Crippen molar-refractivity contribution in [3.8, 4) is 0 Å². The normalized spacial score (nSPS) is 42.3. The van der Waals surface area contributed by atoms with Crippen LogP contribution in [0.3, 0.4) is 0 Å². The molecule has 2 N–H and O–H groups in total. The molecule has 4 heteroatoms. The molecule has 0 radical (unpaired) electrons. The van der Waals surface area contributed by atoms with Gasteiger partial charge in [0.15, 0.2) is 0 Å². The monoisotopic (exact) mass is 217 g/mol. The number of nitrogens with two attached hydrogens (primary N) is 1. The standard InChI is InChI=1S/C10H19NO2S/c1-2-8-7-10(8,11)9-3-5-14(12,13)6-4-9/h8-9H,2-7,11H2,1H3. The second-order valence-corrected chi connectivity index (χ2v) is 7.15. The van der Waals surface area contributed by atoms with Crippen LogP contribution in [0.15, 0.2) is 0 Å². The van der Waals surface area contributed by atoms with Crippen LogP contribution in [0.2, 0.25) is 0 Å². The lowest BCUT2D eigenvalue weighted by Crippen LogP contribution is -2.40. The van der Waals surface area contributed by atoms with E-state index in [1.807, 2.05) is 0 Å². The van der Waals surface area contributed by atoms with Crippen molar-refractivity contribution >= 4 is 9.84 Å². The van der Waals surface area contributed by atoms with Gasteiger partial charge in [0, 0.05) is 5.54 Å². The molecule has 2 aliphatic rings. The fourth-order valence-corrected chi connectivity index (χ4v) is 4.31. The average molecular weight is 217 g/mol. The lowest BCUT2D eigenvalue weighted by molar-refractivity contribution is 0.343. The van der Waals surface area contributed by atoms with E-state index >= 15 is 0 Å². The number of rotatable bonds is 2. The van der Waals surface area contributed by atoms with Gasteiger partial charge in [0.25, 0.3) is 0 Å². The predicted octanol–water partition coefficient (Wildman–Crippen LogP) is 0.939. The first-order valence-electron chi connectivity index (χ1n) is 5.47. The van der Waals surface area contributed by atoms with E-state index in [0.29, 0.717) is 23.3 Å². The predicted molar refractivity (Wildman–Crippen MR) is 56.7 cm³/mol. The minimum absolute atomic E-state index is 0.00924. The van der Waals surface area contributed by atoms with Gasteiger partial charge in [-0.3, -0.25) is 0 Å².